The molecule has 3 rings (SSSR count). The number of rotatable bonds is 6. The maximum atomic E-state index is 12.5. The minimum atomic E-state index is -0.957. The summed E-state index contributed by atoms with van der Waals surface area (Å²) in [4.78, 5) is 16.7. The van der Waals surface area contributed by atoms with Gasteiger partial charge in [-0.1, -0.05) is 30.3 Å². The number of amides is 2. The van der Waals surface area contributed by atoms with Crippen LogP contribution in [0.1, 0.15) is 43.4 Å². The summed E-state index contributed by atoms with van der Waals surface area (Å²) >= 11 is 0. The molecule has 2 amide bonds. The lowest BCUT2D eigenvalue weighted by atomic mass is 9.72. The van der Waals surface area contributed by atoms with Gasteiger partial charge in [0.2, 0.25) is 5.90 Å². The van der Waals surface area contributed by atoms with Gasteiger partial charge in [0.1, 0.15) is 5.82 Å². The summed E-state index contributed by atoms with van der Waals surface area (Å²) in [7, 11) is 0. The summed E-state index contributed by atoms with van der Waals surface area (Å²) in [5, 5.41) is 24.1. The Balaban J connectivity index is 1.71. The van der Waals surface area contributed by atoms with Crippen LogP contribution in [0.4, 0.5) is 16.3 Å². The van der Waals surface area contributed by atoms with Gasteiger partial charge in [0, 0.05) is 18.0 Å². The number of anilines is 2. The monoisotopic (exact) mass is 383 g/mol. The third-order valence-electron chi connectivity index (χ3n) is 4.88. The lowest BCUT2D eigenvalue weighted by molar-refractivity contribution is -0.0627. The molecule has 8 heteroatoms. The highest BCUT2D eigenvalue weighted by Gasteiger charge is 2.43. The second kappa shape index (κ2) is 8.26. The number of nitrogen functional groups attached to an aromatic ring is 1. The molecule has 2 aromatic rings. The van der Waals surface area contributed by atoms with E-state index < -0.39 is 17.7 Å². The van der Waals surface area contributed by atoms with Crippen molar-refractivity contribution in [1.29, 1.82) is 5.41 Å². The maximum absolute atomic E-state index is 12.5. The minimum Gasteiger partial charge on any atom is -0.478 e. The van der Waals surface area contributed by atoms with Crippen molar-refractivity contribution < 1.29 is 14.6 Å². The molecule has 0 bridgehead atoms. The van der Waals surface area contributed by atoms with Crippen LogP contribution in [0.3, 0.4) is 0 Å². The number of hydrogen-bond donors (Lipinski definition) is 5. The number of urea groups is 1. The molecule has 1 saturated carbocycles. The van der Waals surface area contributed by atoms with Crippen molar-refractivity contribution in [3.05, 3.63) is 53.7 Å². The summed E-state index contributed by atoms with van der Waals surface area (Å²) in [6.45, 7) is 2.13. The molecule has 1 aliphatic rings. The van der Waals surface area contributed by atoms with Crippen LogP contribution in [0.5, 0.6) is 0 Å². The number of aromatic nitrogens is 1. The fourth-order valence-electron chi connectivity index (χ4n) is 3.24. The summed E-state index contributed by atoms with van der Waals surface area (Å²) < 4.78 is 5.12. The molecule has 0 saturated heterocycles. The Morgan fingerprint density at radius 3 is 2.68 bits per heavy atom. The Labute approximate surface area is 163 Å². The zero-order chi connectivity index (χ0) is 20.1. The van der Waals surface area contributed by atoms with Crippen LogP contribution in [0, 0.1) is 5.41 Å². The Hall–Kier alpha value is -3.13. The van der Waals surface area contributed by atoms with Crippen molar-refractivity contribution in [3.8, 4) is 0 Å². The first-order valence-electron chi connectivity index (χ1n) is 9.25. The summed E-state index contributed by atoms with van der Waals surface area (Å²) in [5.74, 6) is 0.176. The number of carbonyl (C=O) groups is 1. The van der Waals surface area contributed by atoms with E-state index in [9.17, 15) is 9.90 Å². The van der Waals surface area contributed by atoms with Crippen molar-refractivity contribution in [2.24, 2.45) is 0 Å². The number of aliphatic hydroxyl groups is 1. The van der Waals surface area contributed by atoms with E-state index in [1.165, 1.54) is 12.3 Å². The molecule has 1 aromatic carbocycles. The van der Waals surface area contributed by atoms with Gasteiger partial charge in [-0.2, -0.15) is 0 Å². The predicted molar refractivity (Wildman–Crippen MR) is 107 cm³/mol. The Kier molecular flexibility index (Phi) is 5.79. The lowest BCUT2D eigenvalue weighted by Gasteiger charge is -2.43. The largest absolute Gasteiger partial charge is 0.478 e. The lowest BCUT2D eigenvalue weighted by Crippen LogP contribution is -2.51. The van der Waals surface area contributed by atoms with Crippen LogP contribution < -0.4 is 16.4 Å². The number of nitrogens with one attached hydrogen (secondary N) is 3. The average molecular weight is 383 g/mol. The first-order valence-corrected chi connectivity index (χ1v) is 9.25. The smallest absolute Gasteiger partial charge is 0.320 e. The number of nitrogens with two attached hydrogens (primary N) is 1. The zero-order valence-electron chi connectivity index (χ0n) is 15.7. The molecule has 148 valence electrons. The first kappa shape index (κ1) is 19.6. The van der Waals surface area contributed by atoms with Gasteiger partial charge in [-0.05, 0) is 31.7 Å². The molecule has 1 aliphatic carbocycles. The van der Waals surface area contributed by atoms with Gasteiger partial charge in [-0.25, -0.2) is 9.78 Å². The maximum Gasteiger partial charge on any atom is 0.320 e. The van der Waals surface area contributed by atoms with Crippen molar-refractivity contribution in [2.75, 3.05) is 17.7 Å². The number of pyridine rings is 1. The quantitative estimate of drug-likeness (QED) is 0.386. The molecule has 8 nitrogen and oxygen atoms in total. The number of benzene rings is 1. The second-order valence-electron chi connectivity index (χ2n) is 6.82. The molecular formula is C20H25N5O3. The van der Waals surface area contributed by atoms with Gasteiger partial charge >= 0.3 is 6.03 Å². The molecule has 1 atom stereocenters. The van der Waals surface area contributed by atoms with Crippen molar-refractivity contribution in [1.82, 2.24) is 10.3 Å². The standard InChI is InChI=1S/C20H25N5O3/c1-2-28-18(22)14-12-23-16(11-15(14)21)24-19(26)25-17(20(27)9-6-10-20)13-7-4-3-5-8-13/h3-5,7-8,11-12,17,22,27H,2,6,9-10H2,1H3,(H4,21,23,24,25,26)/t17-/m0/s1. The van der Waals surface area contributed by atoms with Crippen molar-refractivity contribution in [3.63, 3.8) is 0 Å². The highest BCUT2D eigenvalue weighted by Crippen LogP contribution is 2.42. The first-order chi connectivity index (χ1) is 13.4. The molecular weight excluding hydrogens is 358 g/mol. The molecule has 0 aliphatic heterocycles. The van der Waals surface area contributed by atoms with Crippen LogP contribution in [0.25, 0.3) is 0 Å². The highest BCUT2D eigenvalue weighted by atomic mass is 16.5. The van der Waals surface area contributed by atoms with E-state index in [1.807, 2.05) is 30.3 Å². The molecule has 6 N–H and O–H groups in total. The molecule has 1 fully saturated rings. The topological polar surface area (TPSA) is 133 Å². The van der Waals surface area contributed by atoms with E-state index in [0.29, 0.717) is 25.0 Å². The van der Waals surface area contributed by atoms with E-state index in [-0.39, 0.29) is 17.4 Å². The van der Waals surface area contributed by atoms with Gasteiger partial charge in [-0.3, -0.25) is 10.7 Å². The highest BCUT2D eigenvalue weighted by molar-refractivity contribution is 5.97. The fourth-order valence-corrected chi connectivity index (χ4v) is 3.24. The van der Waals surface area contributed by atoms with Crippen LogP contribution in [0.15, 0.2) is 42.6 Å². The third-order valence-corrected chi connectivity index (χ3v) is 4.88. The van der Waals surface area contributed by atoms with Crippen molar-refractivity contribution >= 4 is 23.4 Å². The molecule has 0 spiro atoms. The Morgan fingerprint density at radius 2 is 2.11 bits per heavy atom. The van der Waals surface area contributed by atoms with Gasteiger partial charge in [-0.15, -0.1) is 0 Å². The van der Waals surface area contributed by atoms with E-state index in [0.717, 1.165) is 12.0 Å². The van der Waals surface area contributed by atoms with Crippen molar-refractivity contribution in [2.45, 2.75) is 37.8 Å². The summed E-state index contributed by atoms with van der Waals surface area (Å²) in [6, 6.07) is 9.85. The molecule has 0 unspecified atom stereocenters. The number of ether oxygens (including phenoxy) is 1. The van der Waals surface area contributed by atoms with Gasteiger partial charge < -0.3 is 20.9 Å². The van der Waals surface area contributed by atoms with E-state index >= 15 is 0 Å². The molecule has 1 heterocycles. The minimum absolute atomic E-state index is 0.0696. The summed E-state index contributed by atoms with van der Waals surface area (Å²) in [6.07, 6.45) is 3.57. The van der Waals surface area contributed by atoms with Crippen LogP contribution in [-0.4, -0.2) is 34.2 Å². The second-order valence-corrected chi connectivity index (χ2v) is 6.82. The molecule has 28 heavy (non-hydrogen) atoms. The molecule has 0 radical (unpaired) electrons. The van der Waals surface area contributed by atoms with Crippen LogP contribution >= 0.6 is 0 Å². The van der Waals surface area contributed by atoms with Gasteiger partial charge in [0.05, 0.1) is 23.8 Å². The number of carbonyl (C=O) groups excluding carboxylic acids is 1. The van der Waals surface area contributed by atoms with E-state index in [1.54, 1.807) is 6.92 Å². The van der Waals surface area contributed by atoms with Crippen LogP contribution in [0.2, 0.25) is 0 Å². The van der Waals surface area contributed by atoms with Crippen LogP contribution in [-0.2, 0) is 4.74 Å². The van der Waals surface area contributed by atoms with E-state index in [2.05, 4.69) is 15.6 Å². The predicted octanol–water partition coefficient (Wildman–Crippen LogP) is 2.80. The Bertz CT molecular complexity index is 852. The van der Waals surface area contributed by atoms with Gasteiger partial charge in [0.15, 0.2) is 0 Å². The average Bonchev–Trinajstić information content (AvgIpc) is 2.65. The van der Waals surface area contributed by atoms with E-state index in [4.69, 9.17) is 15.9 Å². The Morgan fingerprint density at radius 1 is 1.39 bits per heavy atom. The number of hydrogen-bond acceptors (Lipinski definition) is 6. The SMILES string of the molecule is CCOC(=N)c1cnc(NC(=O)N[C@@H](c2ccccc2)C2(O)CCC2)cc1N. The molecule has 1 aromatic heterocycles. The van der Waals surface area contributed by atoms with Gasteiger partial charge in [0.25, 0.3) is 0 Å². The normalized spacial score (nSPS) is 15.8. The zero-order valence-corrected chi connectivity index (χ0v) is 15.7. The summed E-state index contributed by atoms with van der Waals surface area (Å²) in [5.41, 5.74) is 6.47. The fraction of sp³-hybridized carbons (Fsp3) is 0.350. The third kappa shape index (κ3) is 4.23. The number of nitrogens with zero attached hydrogens (tertiary/aromatic N) is 1.